The van der Waals surface area contributed by atoms with E-state index in [0.29, 0.717) is 11.8 Å². The molecular formula is C12H19NOS. The van der Waals surface area contributed by atoms with Crippen molar-refractivity contribution in [1.82, 2.24) is 5.32 Å². The Bertz CT molecular complexity index is 334. The van der Waals surface area contributed by atoms with E-state index in [0.717, 1.165) is 11.3 Å². The summed E-state index contributed by atoms with van der Waals surface area (Å²) < 4.78 is 12.0. The fraction of sp³-hybridized carbons (Fsp3) is 0.500. The minimum Gasteiger partial charge on any atom is -0.316 e. The van der Waals surface area contributed by atoms with Gasteiger partial charge in [0.1, 0.15) is 0 Å². The van der Waals surface area contributed by atoms with Crippen molar-refractivity contribution in [1.29, 1.82) is 0 Å². The van der Waals surface area contributed by atoms with Crippen molar-refractivity contribution in [2.75, 3.05) is 12.8 Å². The molecule has 0 fully saturated rings. The van der Waals surface area contributed by atoms with E-state index in [2.05, 4.69) is 12.2 Å². The maximum Gasteiger partial charge on any atom is 0.0545 e. The molecule has 0 aromatic heterocycles. The van der Waals surface area contributed by atoms with Crippen LogP contribution in [-0.4, -0.2) is 23.1 Å². The third-order valence-electron chi connectivity index (χ3n) is 2.51. The maximum atomic E-state index is 12.0. The van der Waals surface area contributed by atoms with Crippen molar-refractivity contribution < 1.29 is 4.21 Å². The fourth-order valence-electron chi connectivity index (χ4n) is 1.44. The molecule has 3 heteroatoms. The van der Waals surface area contributed by atoms with Gasteiger partial charge in [0.2, 0.25) is 0 Å². The summed E-state index contributed by atoms with van der Waals surface area (Å²) in [7, 11) is 1.03. The summed E-state index contributed by atoms with van der Waals surface area (Å²) in [4.78, 5) is 0.934. The lowest BCUT2D eigenvalue weighted by molar-refractivity contribution is 0.590. The third-order valence-corrected chi connectivity index (χ3v) is 3.99. The Kier molecular flexibility index (Phi) is 4.99. The van der Waals surface area contributed by atoms with Crippen molar-refractivity contribution in [3.63, 3.8) is 0 Å². The van der Waals surface area contributed by atoms with Gasteiger partial charge in [0.05, 0.1) is 10.8 Å². The molecule has 84 valence electrons. The fourth-order valence-corrected chi connectivity index (χ4v) is 2.95. The summed E-state index contributed by atoms with van der Waals surface area (Å²) in [5, 5.41) is 3.17. The van der Waals surface area contributed by atoms with Crippen LogP contribution >= 0.6 is 0 Å². The zero-order chi connectivity index (χ0) is 11.3. The molecule has 1 N–H and O–H groups in total. The van der Waals surface area contributed by atoms with Gasteiger partial charge in [-0.3, -0.25) is 4.21 Å². The highest BCUT2D eigenvalue weighted by atomic mass is 32.2. The SMILES string of the molecule is CCC(CS(=O)c1cccc(C)c1)NC. The first kappa shape index (κ1) is 12.4. The van der Waals surface area contributed by atoms with E-state index in [9.17, 15) is 4.21 Å². The first-order valence-corrected chi connectivity index (χ1v) is 6.61. The highest BCUT2D eigenvalue weighted by molar-refractivity contribution is 7.85. The number of nitrogens with one attached hydrogen (secondary N) is 1. The van der Waals surface area contributed by atoms with E-state index in [1.54, 1.807) is 0 Å². The summed E-state index contributed by atoms with van der Waals surface area (Å²) >= 11 is 0. The Labute approximate surface area is 94.5 Å². The van der Waals surface area contributed by atoms with E-state index in [-0.39, 0.29) is 0 Å². The Balaban J connectivity index is 2.68. The molecule has 0 heterocycles. The van der Waals surface area contributed by atoms with Crippen LogP contribution in [-0.2, 0) is 10.8 Å². The molecule has 0 aliphatic heterocycles. The molecule has 0 amide bonds. The first-order chi connectivity index (χ1) is 7.17. The van der Waals surface area contributed by atoms with Gasteiger partial charge in [-0.05, 0) is 38.1 Å². The van der Waals surface area contributed by atoms with Gasteiger partial charge in [-0.2, -0.15) is 0 Å². The van der Waals surface area contributed by atoms with Crippen molar-refractivity contribution in [3.05, 3.63) is 29.8 Å². The standard InChI is InChI=1S/C12H19NOS/c1-4-11(13-3)9-15(14)12-7-5-6-10(2)8-12/h5-8,11,13H,4,9H2,1-3H3. The zero-order valence-electron chi connectivity index (χ0n) is 9.62. The molecule has 1 aromatic rings. The highest BCUT2D eigenvalue weighted by Crippen LogP contribution is 2.10. The molecule has 0 radical (unpaired) electrons. The van der Waals surface area contributed by atoms with Crippen LogP contribution in [0.4, 0.5) is 0 Å². The average molecular weight is 225 g/mol. The number of aryl methyl sites for hydroxylation is 1. The lowest BCUT2D eigenvalue weighted by Gasteiger charge is -2.13. The number of benzene rings is 1. The third kappa shape index (κ3) is 3.76. The van der Waals surface area contributed by atoms with Gasteiger partial charge in [-0.15, -0.1) is 0 Å². The van der Waals surface area contributed by atoms with Gasteiger partial charge < -0.3 is 5.32 Å². The summed E-state index contributed by atoms with van der Waals surface area (Å²) in [5.41, 5.74) is 1.17. The topological polar surface area (TPSA) is 29.1 Å². The quantitative estimate of drug-likeness (QED) is 0.831. The van der Waals surface area contributed by atoms with E-state index in [1.165, 1.54) is 5.56 Å². The predicted octanol–water partition coefficient (Wildman–Crippen LogP) is 2.10. The molecule has 0 aliphatic rings. The number of hydrogen-bond donors (Lipinski definition) is 1. The van der Waals surface area contributed by atoms with E-state index in [1.807, 2.05) is 38.2 Å². The molecule has 0 saturated carbocycles. The number of hydrogen-bond acceptors (Lipinski definition) is 2. The van der Waals surface area contributed by atoms with Crippen LogP contribution in [0.25, 0.3) is 0 Å². The predicted molar refractivity (Wildman–Crippen MR) is 65.6 cm³/mol. The number of rotatable bonds is 5. The molecule has 0 spiro atoms. The summed E-state index contributed by atoms with van der Waals surface area (Å²) in [6.07, 6.45) is 1.01. The van der Waals surface area contributed by atoms with Gasteiger partial charge in [0.15, 0.2) is 0 Å². The van der Waals surface area contributed by atoms with Crippen LogP contribution in [0.5, 0.6) is 0 Å². The van der Waals surface area contributed by atoms with Crippen molar-refractivity contribution in [3.8, 4) is 0 Å². The summed E-state index contributed by atoms with van der Waals surface area (Å²) in [6, 6.07) is 8.26. The monoisotopic (exact) mass is 225 g/mol. The van der Waals surface area contributed by atoms with E-state index < -0.39 is 10.8 Å². The molecule has 15 heavy (non-hydrogen) atoms. The lowest BCUT2D eigenvalue weighted by Crippen LogP contribution is -2.30. The van der Waals surface area contributed by atoms with Crippen LogP contribution in [0.3, 0.4) is 0 Å². The molecule has 1 rings (SSSR count). The second-order valence-corrected chi connectivity index (χ2v) is 5.22. The van der Waals surface area contributed by atoms with Gasteiger partial charge in [-0.1, -0.05) is 19.1 Å². The minimum atomic E-state index is -0.886. The molecular weight excluding hydrogens is 206 g/mol. The van der Waals surface area contributed by atoms with Crippen LogP contribution < -0.4 is 5.32 Å². The largest absolute Gasteiger partial charge is 0.316 e. The smallest absolute Gasteiger partial charge is 0.0545 e. The van der Waals surface area contributed by atoms with Crippen LogP contribution in [0.1, 0.15) is 18.9 Å². The van der Waals surface area contributed by atoms with Gasteiger partial charge in [0, 0.05) is 16.7 Å². The average Bonchev–Trinajstić information content (AvgIpc) is 2.25. The van der Waals surface area contributed by atoms with E-state index in [4.69, 9.17) is 0 Å². The Morgan fingerprint density at radius 2 is 2.20 bits per heavy atom. The van der Waals surface area contributed by atoms with Gasteiger partial charge in [-0.25, -0.2) is 0 Å². The summed E-state index contributed by atoms with van der Waals surface area (Å²) in [6.45, 7) is 4.13. The van der Waals surface area contributed by atoms with Crippen LogP contribution in [0, 0.1) is 6.92 Å². The molecule has 2 nitrogen and oxygen atoms in total. The Morgan fingerprint density at radius 3 is 2.73 bits per heavy atom. The van der Waals surface area contributed by atoms with Crippen molar-refractivity contribution in [2.45, 2.75) is 31.2 Å². The van der Waals surface area contributed by atoms with Crippen LogP contribution in [0.15, 0.2) is 29.2 Å². The molecule has 0 saturated heterocycles. The van der Waals surface area contributed by atoms with E-state index >= 15 is 0 Å². The molecule has 1 aromatic carbocycles. The van der Waals surface area contributed by atoms with Crippen molar-refractivity contribution in [2.24, 2.45) is 0 Å². The lowest BCUT2D eigenvalue weighted by atomic mass is 10.2. The molecule has 2 unspecified atom stereocenters. The van der Waals surface area contributed by atoms with Crippen molar-refractivity contribution >= 4 is 10.8 Å². The second-order valence-electron chi connectivity index (χ2n) is 3.72. The maximum absolute atomic E-state index is 12.0. The van der Waals surface area contributed by atoms with Gasteiger partial charge >= 0.3 is 0 Å². The first-order valence-electron chi connectivity index (χ1n) is 5.29. The molecule has 0 bridgehead atoms. The molecule has 2 atom stereocenters. The van der Waals surface area contributed by atoms with Crippen LogP contribution in [0.2, 0.25) is 0 Å². The Hall–Kier alpha value is -0.670. The highest BCUT2D eigenvalue weighted by Gasteiger charge is 2.10. The summed E-state index contributed by atoms with van der Waals surface area (Å²) in [5.74, 6) is 0.691. The molecule has 0 aliphatic carbocycles. The van der Waals surface area contributed by atoms with Gasteiger partial charge in [0.25, 0.3) is 0 Å². The zero-order valence-corrected chi connectivity index (χ0v) is 10.4. The second kappa shape index (κ2) is 6.03. The minimum absolute atomic E-state index is 0.339. The Morgan fingerprint density at radius 1 is 1.47 bits per heavy atom. The normalized spacial score (nSPS) is 14.9.